The fourth-order valence-electron chi connectivity index (χ4n) is 6.81. The maximum atomic E-state index is 10.5. The summed E-state index contributed by atoms with van der Waals surface area (Å²) in [5.41, 5.74) is 3.23. The number of aliphatic hydroxyl groups is 2. The van der Waals surface area contributed by atoms with Crippen LogP contribution in [0.1, 0.15) is 37.7 Å². The second kappa shape index (κ2) is 15.3. The first-order valence-electron chi connectivity index (χ1n) is 16.4. The molecule has 1 aliphatic heterocycles. The summed E-state index contributed by atoms with van der Waals surface area (Å²) in [7, 11) is 1.66. The molecule has 1 saturated carbocycles. The summed E-state index contributed by atoms with van der Waals surface area (Å²) in [4.78, 5) is 5.85. The van der Waals surface area contributed by atoms with Gasteiger partial charge in [0.2, 0.25) is 0 Å². The number of nitrogens with one attached hydrogen (secondary N) is 2. The smallest absolute Gasteiger partial charge is 0.161 e. The van der Waals surface area contributed by atoms with Crippen LogP contribution < -0.4 is 19.5 Å². The lowest BCUT2D eigenvalue weighted by Gasteiger charge is -2.37. The van der Waals surface area contributed by atoms with E-state index in [-0.39, 0.29) is 18.8 Å². The van der Waals surface area contributed by atoms with E-state index in [0.29, 0.717) is 43.8 Å². The van der Waals surface area contributed by atoms with Crippen LogP contribution in [-0.2, 0) is 11.2 Å². The second-order valence-electron chi connectivity index (χ2n) is 12.3. The maximum Gasteiger partial charge on any atom is 0.161 e. The first kappa shape index (κ1) is 31.6. The predicted molar refractivity (Wildman–Crippen MR) is 177 cm³/mol. The summed E-state index contributed by atoms with van der Waals surface area (Å²) in [5, 5.41) is 25.9. The molecule has 0 spiro atoms. The second-order valence-corrected chi connectivity index (χ2v) is 12.3. The molecule has 2 heterocycles. The summed E-state index contributed by atoms with van der Waals surface area (Å²) >= 11 is 0. The number of aliphatic hydroxyl groups excluding tert-OH is 2. The predicted octanol–water partition coefficient (Wildman–Crippen LogP) is 4.67. The highest BCUT2D eigenvalue weighted by atomic mass is 16.5. The fraction of sp³-hybridized carbons (Fsp3) is 0.500. The lowest BCUT2D eigenvalue weighted by Crippen LogP contribution is -2.46. The Morgan fingerprint density at radius 3 is 2.67 bits per heavy atom. The van der Waals surface area contributed by atoms with Gasteiger partial charge in [-0.05, 0) is 61.6 Å². The minimum atomic E-state index is -0.660. The Bertz CT molecular complexity index is 1530. The Morgan fingerprint density at radius 2 is 1.80 bits per heavy atom. The number of methoxy groups -OCH3 is 1. The van der Waals surface area contributed by atoms with Crippen molar-refractivity contribution in [1.29, 1.82) is 0 Å². The molecule has 0 bridgehead atoms. The molecule has 0 amide bonds. The van der Waals surface area contributed by atoms with Crippen molar-refractivity contribution in [3.63, 3.8) is 0 Å². The van der Waals surface area contributed by atoms with Crippen molar-refractivity contribution in [3.05, 3.63) is 66.2 Å². The Hall–Kier alpha value is -3.34. The first-order chi connectivity index (χ1) is 22.1. The monoisotopic (exact) mass is 617 g/mol. The molecular weight excluding hydrogens is 570 g/mol. The SMILES string of the molecule is COc1cc(CCO[C@H]2CCCC[C@H]2N2CC[C@@H](O)C2)ccc1OCCNCC(O)COc1cccc2[nH]c3ccccc3c12. The molecule has 3 aromatic carbocycles. The first-order valence-corrected chi connectivity index (χ1v) is 16.4. The van der Waals surface area contributed by atoms with Crippen LogP contribution in [0, 0.1) is 0 Å². The zero-order valence-corrected chi connectivity index (χ0v) is 26.2. The number of β-amino-alcohol motifs (C(OH)–C–C–N with tert-alkyl or cyclic N) is 1. The number of hydrogen-bond acceptors (Lipinski definition) is 8. The number of aromatic amines is 1. The van der Waals surface area contributed by atoms with Crippen molar-refractivity contribution in [2.24, 2.45) is 0 Å². The van der Waals surface area contributed by atoms with Crippen molar-refractivity contribution >= 4 is 21.8 Å². The number of ether oxygens (including phenoxy) is 4. The van der Waals surface area contributed by atoms with Crippen molar-refractivity contribution in [3.8, 4) is 17.2 Å². The van der Waals surface area contributed by atoms with E-state index < -0.39 is 6.10 Å². The van der Waals surface area contributed by atoms with E-state index in [0.717, 1.165) is 71.9 Å². The van der Waals surface area contributed by atoms with Crippen LogP contribution in [0.25, 0.3) is 21.8 Å². The molecule has 2 fully saturated rings. The quantitative estimate of drug-likeness (QED) is 0.143. The van der Waals surface area contributed by atoms with Gasteiger partial charge in [-0.15, -0.1) is 0 Å². The molecule has 4 aromatic rings. The molecule has 242 valence electrons. The van der Waals surface area contributed by atoms with Crippen molar-refractivity contribution in [2.75, 3.05) is 53.1 Å². The van der Waals surface area contributed by atoms with Crippen LogP contribution in [0.15, 0.2) is 60.7 Å². The molecule has 1 unspecified atom stereocenters. The maximum absolute atomic E-state index is 10.5. The summed E-state index contributed by atoms with van der Waals surface area (Å²) in [6, 6.07) is 20.6. The highest BCUT2D eigenvalue weighted by Gasteiger charge is 2.34. The largest absolute Gasteiger partial charge is 0.493 e. The number of rotatable bonds is 15. The van der Waals surface area contributed by atoms with Gasteiger partial charge in [-0.1, -0.05) is 43.2 Å². The standard InChI is InChI=1S/C36H47N3O6/c1-42-35-21-25(16-19-43-32-11-5-4-10-31(32)39-18-15-26(40)23-39)13-14-33(35)44-20-17-37-22-27(41)24-45-34-12-6-9-30-36(34)28-7-2-3-8-29(28)38-30/h2-3,6-9,12-14,21,26-27,31-32,37-38,40-41H,4-5,10-11,15-20,22-24H2,1H3/t26-,27?,31-,32+/m1/s1. The van der Waals surface area contributed by atoms with Gasteiger partial charge in [0.25, 0.3) is 0 Å². The van der Waals surface area contributed by atoms with Gasteiger partial charge in [-0.25, -0.2) is 0 Å². The van der Waals surface area contributed by atoms with Crippen LogP contribution in [0.4, 0.5) is 0 Å². The van der Waals surface area contributed by atoms with Crippen LogP contribution in [0.2, 0.25) is 0 Å². The lowest BCUT2D eigenvalue weighted by molar-refractivity contribution is -0.0316. The topological polar surface area (TPSA) is 108 Å². The summed E-state index contributed by atoms with van der Waals surface area (Å²) < 4.78 is 24.0. The van der Waals surface area contributed by atoms with Gasteiger partial charge in [0.1, 0.15) is 25.1 Å². The molecule has 9 heteroatoms. The highest BCUT2D eigenvalue weighted by molar-refractivity contribution is 6.10. The third-order valence-corrected chi connectivity index (χ3v) is 9.12. The van der Waals surface area contributed by atoms with Gasteiger partial charge in [0.05, 0.1) is 31.4 Å². The Kier molecular flexibility index (Phi) is 10.8. The molecule has 6 rings (SSSR count). The van der Waals surface area contributed by atoms with E-state index in [2.05, 4.69) is 33.4 Å². The van der Waals surface area contributed by atoms with E-state index in [9.17, 15) is 10.2 Å². The number of aromatic nitrogens is 1. The van der Waals surface area contributed by atoms with Gasteiger partial charge >= 0.3 is 0 Å². The van der Waals surface area contributed by atoms with Crippen LogP contribution in [0.5, 0.6) is 17.2 Å². The average molecular weight is 618 g/mol. The fourth-order valence-corrected chi connectivity index (χ4v) is 6.81. The molecule has 1 aliphatic carbocycles. The molecule has 1 aromatic heterocycles. The third-order valence-electron chi connectivity index (χ3n) is 9.12. The molecule has 1 saturated heterocycles. The van der Waals surface area contributed by atoms with Crippen molar-refractivity contribution < 1.29 is 29.2 Å². The van der Waals surface area contributed by atoms with E-state index >= 15 is 0 Å². The summed E-state index contributed by atoms with van der Waals surface area (Å²) in [6.07, 6.45) is 5.75. The van der Waals surface area contributed by atoms with Gasteiger partial charge in [0.15, 0.2) is 11.5 Å². The van der Waals surface area contributed by atoms with Gasteiger partial charge < -0.3 is 39.5 Å². The highest BCUT2D eigenvalue weighted by Crippen LogP contribution is 2.33. The van der Waals surface area contributed by atoms with Gasteiger partial charge in [-0.2, -0.15) is 0 Å². The average Bonchev–Trinajstić information content (AvgIpc) is 3.68. The molecular formula is C36H47N3O6. The number of nitrogens with zero attached hydrogens (tertiary/aromatic N) is 1. The number of para-hydroxylation sites is 1. The lowest BCUT2D eigenvalue weighted by atomic mass is 9.91. The zero-order chi connectivity index (χ0) is 31.0. The number of fused-ring (bicyclic) bond motifs is 3. The molecule has 4 N–H and O–H groups in total. The Balaban J connectivity index is 0.910. The minimum absolute atomic E-state index is 0.189. The van der Waals surface area contributed by atoms with E-state index in [1.165, 1.54) is 12.8 Å². The number of benzene rings is 3. The van der Waals surface area contributed by atoms with E-state index in [1.807, 2.05) is 42.5 Å². The number of hydrogen-bond donors (Lipinski definition) is 4. The Morgan fingerprint density at radius 1 is 0.933 bits per heavy atom. The summed E-state index contributed by atoms with van der Waals surface area (Å²) in [5.74, 6) is 2.16. The summed E-state index contributed by atoms with van der Waals surface area (Å²) in [6.45, 7) is 4.00. The molecule has 2 aliphatic rings. The van der Waals surface area contributed by atoms with E-state index in [1.54, 1.807) is 7.11 Å². The van der Waals surface area contributed by atoms with Gasteiger partial charge in [0, 0.05) is 48.5 Å². The van der Waals surface area contributed by atoms with E-state index in [4.69, 9.17) is 18.9 Å². The van der Waals surface area contributed by atoms with Gasteiger partial charge in [-0.3, -0.25) is 4.90 Å². The minimum Gasteiger partial charge on any atom is -0.493 e. The molecule has 4 atom stereocenters. The van der Waals surface area contributed by atoms with Crippen LogP contribution in [-0.4, -0.2) is 97.6 Å². The molecule has 9 nitrogen and oxygen atoms in total. The van der Waals surface area contributed by atoms with Crippen LogP contribution in [0.3, 0.4) is 0 Å². The normalized spacial score (nSPS) is 21.4. The Labute approximate surface area is 265 Å². The molecule has 45 heavy (non-hydrogen) atoms. The zero-order valence-electron chi connectivity index (χ0n) is 26.2. The number of likely N-dealkylation sites (tertiary alicyclic amines) is 1. The third kappa shape index (κ3) is 7.91. The molecule has 0 radical (unpaired) electrons. The van der Waals surface area contributed by atoms with Crippen LogP contribution >= 0.6 is 0 Å². The van der Waals surface area contributed by atoms with Crippen molar-refractivity contribution in [1.82, 2.24) is 15.2 Å². The van der Waals surface area contributed by atoms with Crippen molar-refractivity contribution in [2.45, 2.75) is 62.9 Å². The number of H-pyrrole nitrogens is 1.